The summed E-state index contributed by atoms with van der Waals surface area (Å²) in [6.07, 6.45) is 4.38. The Balaban J connectivity index is 1.50. The van der Waals surface area contributed by atoms with Crippen LogP contribution in [0.15, 0.2) is 47.0 Å². The number of benzene rings is 2. The summed E-state index contributed by atoms with van der Waals surface area (Å²) in [5, 5.41) is 4.91. The molecule has 4 aromatic rings. The number of rotatable bonds is 7. The second-order valence-corrected chi connectivity index (χ2v) is 10.0. The van der Waals surface area contributed by atoms with E-state index in [2.05, 4.69) is 47.0 Å². The fraction of sp³-hybridized carbons (Fsp3) is 0.429. The molecule has 1 aliphatic rings. The highest BCUT2D eigenvalue weighted by Gasteiger charge is 2.21. The molecule has 0 aliphatic carbocycles. The van der Waals surface area contributed by atoms with Gasteiger partial charge in [0.15, 0.2) is 0 Å². The maximum absolute atomic E-state index is 6.10. The third kappa shape index (κ3) is 4.77. The standard InChI is InChI=1S/C28H32ClN3O2/c1-18(16-22-4-7-24(29)8-5-22)28-30-25-17-23(27-19(2)31-34-20(27)3)6-9-26(25)32(28)13-10-21-11-14-33-15-12-21/h4-9,17-18,21H,10-16H2,1-3H3. The first-order chi connectivity index (χ1) is 16.5. The molecule has 0 bridgehead atoms. The third-order valence-corrected chi connectivity index (χ3v) is 7.35. The molecule has 0 amide bonds. The Morgan fingerprint density at radius 3 is 2.56 bits per heavy atom. The molecule has 5 rings (SSSR count). The first-order valence-corrected chi connectivity index (χ1v) is 12.6. The summed E-state index contributed by atoms with van der Waals surface area (Å²) in [5.41, 5.74) is 6.58. The Bertz CT molecular complexity index is 1250. The van der Waals surface area contributed by atoms with Gasteiger partial charge in [0, 0.05) is 36.3 Å². The van der Waals surface area contributed by atoms with E-state index < -0.39 is 0 Å². The number of aromatic nitrogens is 3. The second kappa shape index (κ2) is 9.93. The summed E-state index contributed by atoms with van der Waals surface area (Å²) in [7, 11) is 0. The molecule has 1 aliphatic heterocycles. The van der Waals surface area contributed by atoms with Crippen molar-refractivity contribution in [3.05, 3.63) is 70.3 Å². The molecule has 1 fully saturated rings. The molecular weight excluding hydrogens is 446 g/mol. The average Bonchev–Trinajstić information content (AvgIpc) is 3.38. The van der Waals surface area contributed by atoms with Gasteiger partial charge in [0.25, 0.3) is 0 Å². The summed E-state index contributed by atoms with van der Waals surface area (Å²) in [6.45, 7) is 8.97. The van der Waals surface area contributed by atoms with E-state index in [1.807, 2.05) is 26.0 Å². The van der Waals surface area contributed by atoms with E-state index >= 15 is 0 Å². The predicted octanol–water partition coefficient (Wildman–Crippen LogP) is 7.12. The van der Waals surface area contributed by atoms with Crippen LogP contribution in [0.2, 0.25) is 5.02 Å². The molecule has 0 radical (unpaired) electrons. The molecule has 5 nitrogen and oxygen atoms in total. The van der Waals surface area contributed by atoms with Gasteiger partial charge in [-0.05, 0) is 80.8 Å². The number of hydrogen-bond donors (Lipinski definition) is 0. The average molecular weight is 478 g/mol. The van der Waals surface area contributed by atoms with Crippen LogP contribution in [0.4, 0.5) is 0 Å². The fourth-order valence-electron chi connectivity index (χ4n) is 5.22. The molecule has 0 spiro atoms. The van der Waals surface area contributed by atoms with E-state index in [0.717, 1.165) is 84.4 Å². The highest BCUT2D eigenvalue weighted by atomic mass is 35.5. The van der Waals surface area contributed by atoms with Crippen molar-refractivity contribution in [2.75, 3.05) is 13.2 Å². The summed E-state index contributed by atoms with van der Waals surface area (Å²) in [6, 6.07) is 14.7. The number of ether oxygens (including phenoxy) is 1. The molecule has 2 aromatic carbocycles. The van der Waals surface area contributed by atoms with Crippen molar-refractivity contribution in [3.8, 4) is 11.1 Å². The van der Waals surface area contributed by atoms with Crippen LogP contribution in [0.1, 0.15) is 54.9 Å². The van der Waals surface area contributed by atoms with Gasteiger partial charge < -0.3 is 13.8 Å². The van der Waals surface area contributed by atoms with E-state index in [4.69, 9.17) is 25.8 Å². The minimum absolute atomic E-state index is 0.283. The van der Waals surface area contributed by atoms with E-state index in [0.29, 0.717) is 5.92 Å². The number of fused-ring (bicyclic) bond motifs is 1. The van der Waals surface area contributed by atoms with Crippen LogP contribution in [0, 0.1) is 19.8 Å². The van der Waals surface area contributed by atoms with Gasteiger partial charge >= 0.3 is 0 Å². The number of imidazole rings is 1. The molecule has 34 heavy (non-hydrogen) atoms. The lowest BCUT2D eigenvalue weighted by molar-refractivity contribution is 0.0626. The van der Waals surface area contributed by atoms with Crippen LogP contribution in [-0.4, -0.2) is 27.9 Å². The second-order valence-electron chi connectivity index (χ2n) is 9.60. The topological polar surface area (TPSA) is 53.1 Å². The summed E-state index contributed by atoms with van der Waals surface area (Å²) < 4.78 is 13.4. The third-order valence-electron chi connectivity index (χ3n) is 7.10. The van der Waals surface area contributed by atoms with Crippen molar-refractivity contribution in [1.82, 2.24) is 14.7 Å². The highest BCUT2D eigenvalue weighted by Crippen LogP contribution is 2.32. The maximum Gasteiger partial charge on any atom is 0.141 e. The number of aryl methyl sites for hydroxylation is 3. The molecular formula is C28H32ClN3O2. The quantitative estimate of drug-likeness (QED) is 0.284. The first-order valence-electron chi connectivity index (χ1n) is 12.2. The Kier molecular flexibility index (Phi) is 6.75. The van der Waals surface area contributed by atoms with Gasteiger partial charge in [-0.3, -0.25) is 0 Å². The van der Waals surface area contributed by atoms with Gasteiger partial charge in [-0.15, -0.1) is 0 Å². The van der Waals surface area contributed by atoms with Crippen molar-refractivity contribution in [2.24, 2.45) is 5.92 Å². The SMILES string of the molecule is Cc1noc(C)c1-c1ccc2c(c1)nc(C(C)Cc1ccc(Cl)cc1)n2CCC1CCOCC1. The van der Waals surface area contributed by atoms with Crippen LogP contribution in [0.3, 0.4) is 0 Å². The van der Waals surface area contributed by atoms with Gasteiger partial charge in [0.2, 0.25) is 0 Å². The van der Waals surface area contributed by atoms with Crippen LogP contribution in [0.25, 0.3) is 22.2 Å². The summed E-state index contributed by atoms with van der Waals surface area (Å²) >= 11 is 6.10. The van der Waals surface area contributed by atoms with Gasteiger partial charge in [-0.2, -0.15) is 0 Å². The monoisotopic (exact) mass is 477 g/mol. The summed E-state index contributed by atoms with van der Waals surface area (Å²) in [4.78, 5) is 5.18. The van der Waals surface area contributed by atoms with E-state index in [1.165, 1.54) is 11.1 Å². The highest BCUT2D eigenvalue weighted by molar-refractivity contribution is 6.30. The molecule has 0 saturated carbocycles. The molecule has 1 atom stereocenters. The fourth-order valence-corrected chi connectivity index (χ4v) is 5.35. The van der Waals surface area contributed by atoms with Crippen LogP contribution in [-0.2, 0) is 17.7 Å². The Labute approximate surface area is 206 Å². The minimum Gasteiger partial charge on any atom is -0.381 e. The number of hydrogen-bond acceptors (Lipinski definition) is 4. The predicted molar refractivity (Wildman–Crippen MR) is 136 cm³/mol. The minimum atomic E-state index is 0.283. The van der Waals surface area contributed by atoms with Crippen molar-refractivity contribution in [1.29, 1.82) is 0 Å². The van der Waals surface area contributed by atoms with Crippen molar-refractivity contribution < 1.29 is 9.26 Å². The molecule has 3 heterocycles. The zero-order valence-electron chi connectivity index (χ0n) is 20.2. The smallest absolute Gasteiger partial charge is 0.141 e. The molecule has 1 saturated heterocycles. The molecule has 0 N–H and O–H groups in total. The van der Waals surface area contributed by atoms with Crippen molar-refractivity contribution >= 4 is 22.6 Å². The molecule has 6 heteroatoms. The van der Waals surface area contributed by atoms with E-state index in [-0.39, 0.29) is 5.92 Å². The lowest BCUT2D eigenvalue weighted by atomic mass is 9.96. The summed E-state index contributed by atoms with van der Waals surface area (Å²) in [5.74, 6) is 2.98. The number of nitrogens with zero attached hydrogens (tertiary/aromatic N) is 3. The molecule has 1 unspecified atom stereocenters. The Hall–Kier alpha value is -2.63. The van der Waals surface area contributed by atoms with Crippen molar-refractivity contribution in [2.45, 2.75) is 58.9 Å². The Morgan fingerprint density at radius 1 is 1.09 bits per heavy atom. The van der Waals surface area contributed by atoms with Gasteiger partial charge in [-0.25, -0.2) is 4.98 Å². The van der Waals surface area contributed by atoms with Crippen LogP contribution >= 0.6 is 11.6 Å². The first kappa shape index (κ1) is 23.1. The lowest BCUT2D eigenvalue weighted by Crippen LogP contribution is -2.18. The van der Waals surface area contributed by atoms with Crippen LogP contribution in [0.5, 0.6) is 0 Å². The Morgan fingerprint density at radius 2 is 1.85 bits per heavy atom. The molecule has 178 valence electrons. The van der Waals surface area contributed by atoms with Gasteiger partial charge in [0.05, 0.1) is 16.7 Å². The van der Waals surface area contributed by atoms with Crippen LogP contribution < -0.4 is 0 Å². The maximum atomic E-state index is 6.10. The largest absolute Gasteiger partial charge is 0.381 e. The zero-order chi connectivity index (χ0) is 23.7. The van der Waals surface area contributed by atoms with Gasteiger partial charge in [0.1, 0.15) is 11.6 Å². The van der Waals surface area contributed by atoms with Gasteiger partial charge in [-0.1, -0.05) is 41.9 Å². The molecule has 2 aromatic heterocycles. The van der Waals surface area contributed by atoms with E-state index in [1.54, 1.807) is 0 Å². The number of halogens is 1. The lowest BCUT2D eigenvalue weighted by Gasteiger charge is -2.23. The zero-order valence-corrected chi connectivity index (χ0v) is 20.9. The normalized spacial score (nSPS) is 15.8. The van der Waals surface area contributed by atoms with E-state index in [9.17, 15) is 0 Å². The van der Waals surface area contributed by atoms with Crippen molar-refractivity contribution in [3.63, 3.8) is 0 Å².